The number of oxazole rings is 1. The van der Waals surface area contributed by atoms with Crippen LogP contribution >= 0.6 is 0 Å². The lowest BCUT2D eigenvalue weighted by Gasteiger charge is -2.29. The Morgan fingerprint density at radius 1 is 1.06 bits per heavy atom. The van der Waals surface area contributed by atoms with E-state index in [9.17, 15) is 13.6 Å². The van der Waals surface area contributed by atoms with Crippen LogP contribution in [0, 0.1) is 23.5 Å². The number of ether oxygens (including phenoxy) is 1. The van der Waals surface area contributed by atoms with Gasteiger partial charge in [-0.3, -0.25) is 9.69 Å². The van der Waals surface area contributed by atoms with Gasteiger partial charge < -0.3 is 19.4 Å². The average Bonchev–Trinajstić information content (AvgIpc) is 3.18. The first-order chi connectivity index (χ1) is 16.0. The van der Waals surface area contributed by atoms with Gasteiger partial charge in [0.05, 0.1) is 12.6 Å². The third kappa shape index (κ3) is 4.18. The average molecular weight is 459 g/mol. The Hall–Kier alpha value is -2.68. The van der Waals surface area contributed by atoms with Crippen molar-refractivity contribution in [2.75, 3.05) is 36.4 Å². The largest absolute Gasteiger partial charge is 0.484 e. The van der Waals surface area contributed by atoms with E-state index in [1.807, 2.05) is 4.90 Å². The number of aromatic nitrogens is 1. The first kappa shape index (κ1) is 20.9. The molecule has 3 heterocycles. The SMILES string of the molecule is O=C(Nc1cc(F)c(OC2CC3C[C@H]3C2)c(F)c1)c1nc(N2CCCC2)oc1CN1CCC1. The van der Waals surface area contributed by atoms with Gasteiger partial charge in [0.25, 0.3) is 11.9 Å². The molecule has 33 heavy (non-hydrogen) atoms. The lowest BCUT2D eigenvalue weighted by molar-refractivity contribution is 0.101. The lowest BCUT2D eigenvalue weighted by atomic mass is 10.2. The lowest BCUT2D eigenvalue weighted by Crippen LogP contribution is -2.36. The van der Waals surface area contributed by atoms with Crippen LogP contribution in [0.5, 0.6) is 5.75 Å². The third-order valence-corrected chi connectivity index (χ3v) is 7.33. The number of nitrogens with one attached hydrogen (secondary N) is 1. The number of carbonyl (C=O) groups excluding carboxylic acids is 1. The molecule has 0 spiro atoms. The summed E-state index contributed by atoms with van der Waals surface area (Å²) < 4.78 is 40.9. The number of anilines is 2. The van der Waals surface area contributed by atoms with Gasteiger partial charge in [0.15, 0.2) is 28.8 Å². The van der Waals surface area contributed by atoms with Gasteiger partial charge in [0.1, 0.15) is 0 Å². The van der Waals surface area contributed by atoms with Crippen LogP contribution in [0.25, 0.3) is 0 Å². The number of hydrogen-bond acceptors (Lipinski definition) is 6. The molecule has 9 heteroatoms. The highest BCUT2D eigenvalue weighted by molar-refractivity contribution is 6.03. The second-order valence-electron chi connectivity index (χ2n) is 9.78. The second kappa shape index (κ2) is 8.27. The molecule has 2 aliphatic carbocycles. The number of nitrogens with zero attached hydrogens (tertiary/aromatic N) is 3. The summed E-state index contributed by atoms with van der Waals surface area (Å²) in [5.74, 6) is -0.751. The maximum absolute atomic E-state index is 14.7. The smallest absolute Gasteiger partial charge is 0.298 e. The van der Waals surface area contributed by atoms with E-state index < -0.39 is 17.5 Å². The predicted molar refractivity (Wildman–Crippen MR) is 117 cm³/mol. The normalized spacial score (nSPS) is 26.2. The number of halogens is 2. The fraction of sp³-hybridized carbons (Fsp3) is 0.583. The molecule has 3 atom stereocenters. The molecule has 1 N–H and O–H groups in total. The highest BCUT2D eigenvalue weighted by Gasteiger charge is 2.47. The van der Waals surface area contributed by atoms with Crippen molar-refractivity contribution in [1.29, 1.82) is 0 Å². The van der Waals surface area contributed by atoms with E-state index in [0.29, 0.717) is 30.2 Å². The zero-order chi connectivity index (χ0) is 22.5. The molecule has 2 saturated heterocycles. The van der Waals surface area contributed by atoms with Gasteiger partial charge in [0, 0.05) is 30.9 Å². The summed E-state index contributed by atoms with van der Waals surface area (Å²) in [5, 5.41) is 2.59. The number of hydrogen-bond donors (Lipinski definition) is 1. The Labute approximate surface area is 191 Å². The van der Waals surface area contributed by atoms with Gasteiger partial charge >= 0.3 is 0 Å². The maximum Gasteiger partial charge on any atom is 0.298 e. The van der Waals surface area contributed by atoms with Crippen molar-refractivity contribution in [3.8, 4) is 5.75 Å². The summed E-state index contributed by atoms with van der Waals surface area (Å²) in [6.45, 7) is 4.06. The topological polar surface area (TPSA) is 70.8 Å². The Kier molecular flexibility index (Phi) is 5.24. The molecule has 2 saturated carbocycles. The van der Waals surface area contributed by atoms with Crippen LogP contribution in [0.2, 0.25) is 0 Å². The van der Waals surface area contributed by atoms with E-state index in [4.69, 9.17) is 9.15 Å². The molecule has 2 aliphatic heterocycles. The highest BCUT2D eigenvalue weighted by Crippen LogP contribution is 2.52. The summed E-state index contributed by atoms with van der Waals surface area (Å²) in [7, 11) is 0. The fourth-order valence-corrected chi connectivity index (χ4v) is 5.27. The second-order valence-corrected chi connectivity index (χ2v) is 9.78. The van der Waals surface area contributed by atoms with Gasteiger partial charge in [-0.1, -0.05) is 0 Å². The predicted octanol–water partition coefficient (Wildman–Crippen LogP) is 4.19. The number of benzene rings is 1. The van der Waals surface area contributed by atoms with E-state index in [1.54, 1.807) is 0 Å². The van der Waals surface area contributed by atoms with E-state index in [0.717, 1.165) is 70.4 Å². The van der Waals surface area contributed by atoms with E-state index in [-0.39, 0.29) is 23.2 Å². The first-order valence-electron chi connectivity index (χ1n) is 12.0. The van der Waals surface area contributed by atoms with Crippen LogP contribution < -0.4 is 15.0 Å². The van der Waals surface area contributed by atoms with Crippen LogP contribution in [0.1, 0.15) is 54.8 Å². The Morgan fingerprint density at radius 3 is 2.39 bits per heavy atom. The van der Waals surface area contributed by atoms with Crippen molar-refractivity contribution < 1.29 is 22.7 Å². The molecule has 4 fully saturated rings. The summed E-state index contributed by atoms with van der Waals surface area (Å²) in [5.41, 5.74) is 0.187. The van der Waals surface area contributed by atoms with Crippen molar-refractivity contribution in [3.63, 3.8) is 0 Å². The Morgan fingerprint density at radius 2 is 1.76 bits per heavy atom. The van der Waals surface area contributed by atoms with Gasteiger partial charge in [0.2, 0.25) is 0 Å². The quantitative estimate of drug-likeness (QED) is 0.671. The van der Waals surface area contributed by atoms with Gasteiger partial charge in [-0.2, -0.15) is 4.98 Å². The third-order valence-electron chi connectivity index (χ3n) is 7.33. The van der Waals surface area contributed by atoms with Crippen LogP contribution in [-0.2, 0) is 6.54 Å². The molecule has 4 aliphatic rings. The standard InChI is InChI=1S/C24H28F2N4O3/c25-18-11-16(12-19(26)22(18)32-17-9-14-8-15(14)10-17)27-23(31)21-20(13-29-4-3-5-29)33-24(28-21)30-6-1-2-7-30/h11-12,14-15,17H,1-10,13H2,(H,27,31)/t14-,15?,17?/m0/s1. The van der Waals surface area contributed by atoms with Gasteiger partial charge in [-0.05, 0) is 63.5 Å². The van der Waals surface area contributed by atoms with Gasteiger partial charge in [-0.25, -0.2) is 8.78 Å². The molecule has 1 aromatic carbocycles. The molecule has 176 valence electrons. The number of carbonyl (C=O) groups is 1. The van der Waals surface area contributed by atoms with Crippen LogP contribution in [0.15, 0.2) is 16.5 Å². The molecule has 2 unspecified atom stereocenters. The molecule has 0 radical (unpaired) electrons. The van der Waals surface area contributed by atoms with Crippen LogP contribution in [0.4, 0.5) is 20.5 Å². The van der Waals surface area contributed by atoms with Crippen molar-refractivity contribution in [1.82, 2.24) is 9.88 Å². The molecule has 0 bridgehead atoms. The van der Waals surface area contributed by atoms with Crippen molar-refractivity contribution in [2.45, 2.75) is 51.2 Å². The zero-order valence-corrected chi connectivity index (χ0v) is 18.5. The number of likely N-dealkylation sites (tertiary alicyclic amines) is 1. The van der Waals surface area contributed by atoms with Crippen molar-refractivity contribution in [3.05, 3.63) is 35.2 Å². The van der Waals surface area contributed by atoms with Crippen molar-refractivity contribution in [2.24, 2.45) is 11.8 Å². The summed E-state index contributed by atoms with van der Waals surface area (Å²) >= 11 is 0. The molecule has 1 amide bonds. The molecular formula is C24H28F2N4O3. The fourth-order valence-electron chi connectivity index (χ4n) is 5.27. The van der Waals surface area contributed by atoms with E-state index in [2.05, 4.69) is 15.2 Å². The molecule has 1 aromatic heterocycles. The van der Waals surface area contributed by atoms with E-state index >= 15 is 0 Å². The molecule has 6 rings (SSSR count). The molecular weight excluding hydrogens is 430 g/mol. The number of amides is 1. The van der Waals surface area contributed by atoms with Gasteiger partial charge in [-0.15, -0.1) is 0 Å². The molecule has 7 nitrogen and oxygen atoms in total. The first-order valence-corrected chi connectivity index (χ1v) is 12.0. The van der Waals surface area contributed by atoms with Crippen LogP contribution in [0.3, 0.4) is 0 Å². The Balaban J connectivity index is 1.19. The minimum atomic E-state index is -0.815. The summed E-state index contributed by atoms with van der Waals surface area (Å²) in [4.78, 5) is 21.7. The monoisotopic (exact) mass is 458 g/mol. The Bertz CT molecular complexity index is 1030. The summed E-state index contributed by atoms with van der Waals surface area (Å²) in [6.07, 6.45) is 6.00. The highest BCUT2D eigenvalue weighted by atomic mass is 19.1. The zero-order valence-electron chi connectivity index (χ0n) is 18.5. The minimum Gasteiger partial charge on any atom is -0.484 e. The number of fused-ring (bicyclic) bond motifs is 1. The summed E-state index contributed by atoms with van der Waals surface area (Å²) in [6, 6.07) is 2.63. The van der Waals surface area contributed by atoms with Crippen LogP contribution in [-0.4, -0.2) is 48.1 Å². The minimum absolute atomic E-state index is 0.0252. The van der Waals surface area contributed by atoms with E-state index in [1.165, 1.54) is 6.42 Å². The maximum atomic E-state index is 14.7. The van der Waals surface area contributed by atoms with Crippen molar-refractivity contribution >= 4 is 17.6 Å². The number of rotatable bonds is 7. The molecule has 2 aromatic rings.